The summed E-state index contributed by atoms with van der Waals surface area (Å²) in [7, 11) is 1.66. The highest BCUT2D eigenvalue weighted by atomic mass is 16.6. The third-order valence-corrected chi connectivity index (χ3v) is 6.39. The number of nitrogens with zero attached hydrogens (tertiary/aromatic N) is 3. The van der Waals surface area contributed by atoms with Gasteiger partial charge in [0.2, 0.25) is 5.88 Å². The van der Waals surface area contributed by atoms with Crippen molar-refractivity contribution in [1.29, 1.82) is 0 Å². The maximum absolute atomic E-state index is 12.4. The molecule has 2 unspecified atom stereocenters. The summed E-state index contributed by atoms with van der Waals surface area (Å²) < 4.78 is 16.3. The molecule has 0 N–H and O–H groups in total. The Labute approximate surface area is 166 Å². The lowest BCUT2D eigenvalue weighted by Crippen LogP contribution is -2.63. The van der Waals surface area contributed by atoms with Crippen LogP contribution in [0.4, 0.5) is 4.79 Å². The molecule has 2 atom stereocenters. The molecule has 3 fully saturated rings. The quantitative estimate of drug-likeness (QED) is 0.789. The molecule has 3 aliphatic rings. The van der Waals surface area contributed by atoms with Gasteiger partial charge in [-0.3, -0.25) is 4.90 Å². The molecule has 3 aliphatic heterocycles. The Hall–Kier alpha value is -1.86. The third kappa shape index (κ3) is 3.96. The van der Waals surface area contributed by atoms with Crippen molar-refractivity contribution >= 4 is 6.09 Å². The normalized spacial score (nSPS) is 28.8. The molecule has 4 heterocycles. The molecule has 4 rings (SSSR count). The first-order chi connectivity index (χ1) is 13.7. The minimum absolute atomic E-state index is 0.134. The van der Waals surface area contributed by atoms with E-state index < -0.39 is 0 Å². The maximum atomic E-state index is 12.4. The molecule has 7 heteroatoms. The average molecular weight is 389 g/mol. The fourth-order valence-corrected chi connectivity index (χ4v) is 5.01. The number of aromatic nitrogens is 1. The Morgan fingerprint density at radius 3 is 2.54 bits per heavy atom. The minimum atomic E-state index is -0.179. The van der Waals surface area contributed by atoms with Crippen LogP contribution in [0.15, 0.2) is 18.2 Å². The smallest absolute Gasteiger partial charge is 0.410 e. The maximum Gasteiger partial charge on any atom is 0.410 e. The topological polar surface area (TPSA) is 64.1 Å². The fraction of sp³-hybridized carbons (Fsp3) is 0.714. The number of morpholine rings is 1. The SMILES string of the molecule is CCOC(=O)N1C2COCC1CC(N1CCC(c3cccc(OC)n3)CC1)C2. The van der Waals surface area contributed by atoms with E-state index >= 15 is 0 Å². The van der Waals surface area contributed by atoms with Crippen molar-refractivity contribution in [2.45, 2.75) is 56.7 Å². The Morgan fingerprint density at radius 1 is 1.18 bits per heavy atom. The molecule has 0 saturated carbocycles. The predicted octanol–water partition coefficient (Wildman–Crippen LogP) is 2.66. The summed E-state index contributed by atoms with van der Waals surface area (Å²) >= 11 is 0. The summed E-state index contributed by atoms with van der Waals surface area (Å²) in [5.41, 5.74) is 1.14. The van der Waals surface area contributed by atoms with Gasteiger partial charge in [-0.25, -0.2) is 9.78 Å². The summed E-state index contributed by atoms with van der Waals surface area (Å²) in [5, 5.41) is 0. The number of piperidine rings is 2. The zero-order chi connectivity index (χ0) is 19.5. The van der Waals surface area contributed by atoms with Crippen LogP contribution in [0, 0.1) is 0 Å². The van der Waals surface area contributed by atoms with Gasteiger partial charge in [-0.15, -0.1) is 0 Å². The van der Waals surface area contributed by atoms with E-state index in [9.17, 15) is 4.79 Å². The number of pyridine rings is 1. The van der Waals surface area contributed by atoms with Gasteiger partial charge < -0.3 is 19.1 Å². The van der Waals surface area contributed by atoms with Crippen molar-refractivity contribution in [2.75, 3.05) is 40.0 Å². The molecule has 1 amide bonds. The molecular weight excluding hydrogens is 358 g/mol. The molecule has 1 aromatic heterocycles. The molecule has 0 aliphatic carbocycles. The van der Waals surface area contributed by atoms with E-state index in [1.165, 1.54) is 0 Å². The number of hydrogen-bond donors (Lipinski definition) is 0. The molecule has 1 aromatic rings. The number of amides is 1. The largest absolute Gasteiger partial charge is 0.481 e. The van der Waals surface area contributed by atoms with Crippen LogP contribution in [0.3, 0.4) is 0 Å². The molecule has 3 saturated heterocycles. The van der Waals surface area contributed by atoms with Crippen LogP contribution < -0.4 is 4.74 Å². The monoisotopic (exact) mass is 389 g/mol. The molecule has 154 valence electrons. The van der Waals surface area contributed by atoms with E-state index in [0.29, 0.717) is 37.7 Å². The van der Waals surface area contributed by atoms with E-state index in [1.54, 1.807) is 7.11 Å². The van der Waals surface area contributed by atoms with Crippen LogP contribution in [0.5, 0.6) is 5.88 Å². The number of hydrogen-bond acceptors (Lipinski definition) is 6. The Kier molecular flexibility index (Phi) is 6.01. The van der Waals surface area contributed by atoms with Crippen molar-refractivity contribution in [2.24, 2.45) is 0 Å². The average Bonchev–Trinajstić information content (AvgIpc) is 2.73. The van der Waals surface area contributed by atoms with Crippen molar-refractivity contribution in [3.63, 3.8) is 0 Å². The first kappa shape index (κ1) is 19.5. The number of likely N-dealkylation sites (tertiary alicyclic amines) is 1. The second-order valence-electron chi connectivity index (χ2n) is 7.99. The van der Waals surface area contributed by atoms with E-state index in [0.717, 1.165) is 44.5 Å². The molecule has 2 bridgehead atoms. The van der Waals surface area contributed by atoms with Crippen LogP contribution in [0.25, 0.3) is 0 Å². The lowest BCUT2D eigenvalue weighted by Gasteiger charge is -2.50. The summed E-state index contributed by atoms with van der Waals surface area (Å²) in [6.07, 6.45) is 3.99. The van der Waals surface area contributed by atoms with Gasteiger partial charge in [0.15, 0.2) is 0 Å². The first-order valence-electron chi connectivity index (χ1n) is 10.5. The number of carbonyl (C=O) groups excluding carboxylic acids is 1. The number of ether oxygens (including phenoxy) is 3. The highest BCUT2D eigenvalue weighted by molar-refractivity contribution is 5.69. The van der Waals surface area contributed by atoms with Crippen molar-refractivity contribution in [3.8, 4) is 5.88 Å². The van der Waals surface area contributed by atoms with Gasteiger partial charge in [-0.1, -0.05) is 6.07 Å². The van der Waals surface area contributed by atoms with Crippen molar-refractivity contribution in [3.05, 3.63) is 23.9 Å². The third-order valence-electron chi connectivity index (χ3n) is 6.39. The highest BCUT2D eigenvalue weighted by Gasteiger charge is 2.44. The first-order valence-corrected chi connectivity index (χ1v) is 10.5. The Morgan fingerprint density at radius 2 is 1.89 bits per heavy atom. The van der Waals surface area contributed by atoms with E-state index in [2.05, 4.69) is 16.0 Å². The van der Waals surface area contributed by atoms with E-state index in [4.69, 9.17) is 14.2 Å². The van der Waals surface area contributed by atoms with Crippen LogP contribution >= 0.6 is 0 Å². The van der Waals surface area contributed by atoms with Gasteiger partial charge in [0.1, 0.15) is 0 Å². The summed E-state index contributed by atoms with van der Waals surface area (Å²) in [4.78, 5) is 21.6. The van der Waals surface area contributed by atoms with Crippen molar-refractivity contribution < 1.29 is 19.0 Å². The molecule has 28 heavy (non-hydrogen) atoms. The standard InChI is InChI=1S/C21H31N3O4/c1-3-28-21(25)24-17-11-16(12-18(24)14-27-13-17)23-9-7-15(8-10-23)19-5-4-6-20(22-19)26-2/h4-6,15-18H,3,7-14H2,1-2H3. The number of rotatable bonds is 4. The number of fused-ring (bicyclic) bond motifs is 2. The molecule has 0 spiro atoms. The lowest BCUT2D eigenvalue weighted by molar-refractivity contribution is -0.0869. The zero-order valence-corrected chi connectivity index (χ0v) is 16.9. The van der Waals surface area contributed by atoms with Crippen LogP contribution in [0.1, 0.15) is 44.2 Å². The Balaban J connectivity index is 1.36. The van der Waals surface area contributed by atoms with Crippen molar-refractivity contribution in [1.82, 2.24) is 14.8 Å². The second-order valence-corrected chi connectivity index (χ2v) is 7.99. The summed E-state index contributed by atoms with van der Waals surface area (Å²) in [6.45, 7) is 5.68. The molecule has 7 nitrogen and oxygen atoms in total. The lowest BCUT2D eigenvalue weighted by atomic mass is 9.86. The van der Waals surface area contributed by atoms with Gasteiger partial charge in [-0.2, -0.15) is 0 Å². The Bertz CT molecular complexity index is 663. The fourth-order valence-electron chi connectivity index (χ4n) is 5.01. The minimum Gasteiger partial charge on any atom is -0.481 e. The van der Waals surface area contributed by atoms with Gasteiger partial charge in [0.25, 0.3) is 0 Å². The van der Waals surface area contributed by atoms with Gasteiger partial charge in [0.05, 0.1) is 39.0 Å². The molecule has 0 aromatic carbocycles. The van der Waals surface area contributed by atoms with E-state index in [1.807, 2.05) is 24.0 Å². The van der Waals surface area contributed by atoms with Gasteiger partial charge >= 0.3 is 6.09 Å². The summed E-state index contributed by atoms with van der Waals surface area (Å²) in [6, 6.07) is 6.83. The van der Waals surface area contributed by atoms with E-state index in [-0.39, 0.29) is 18.2 Å². The molecular formula is C21H31N3O4. The number of carbonyl (C=O) groups is 1. The van der Waals surface area contributed by atoms with Gasteiger partial charge in [-0.05, 0) is 51.8 Å². The zero-order valence-electron chi connectivity index (χ0n) is 16.9. The predicted molar refractivity (Wildman–Crippen MR) is 105 cm³/mol. The summed E-state index contributed by atoms with van der Waals surface area (Å²) in [5.74, 6) is 1.19. The van der Waals surface area contributed by atoms with Crippen LogP contribution in [-0.2, 0) is 9.47 Å². The highest BCUT2D eigenvalue weighted by Crippen LogP contribution is 2.35. The van der Waals surface area contributed by atoms with Crippen LogP contribution in [-0.4, -0.2) is 79.0 Å². The second kappa shape index (κ2) is 8.66. The van der Waals surface area contributed by atoms with Gasteiger partial charge in [0, 0.05) is 23.7 Å². The number of methoxy groups -OCH3 is 1. The molecule has 0 radical (unpaired) electrons. The van der Waals surface area contributed by atoms with Crippen LogP contribution in [0.2, 0.25) is 0 Å².